The van der Waals surface area contributed by atoms with Crippen molar-refractivity contribution in [1.29, 1.82) is 0 Å². The van der Waals surface area contributed by atoms with Crippen LogP contribution >= 0.6 is 15.9 Å². The van der Waals surface area contributed by atoms with Crippen LogP contribution < -0.4 is 5.32 Å². The summed E-state index contributed by atoms with van der Waals surface area (Å²) in [5.74, 6) is -0.222. The van der Waals surface area contributed by atoms with Gasteiger partial charge in [-0.25, -0.2) is 4.39 Å². The van der Waals surface area contributed by atoms with E-state index in [2.05, 4.69) is 35.1 Å². The van der Waals surface area contributed by atoms with Gasteiger partial charge in [0.15, 0.2) is 0 Å². The molecule has 108 valence electrons. The molecule has 0 heterocycles. The second-order valence-electron chi connectivity index (χ2n) is 4.67. The second kappa shape index (κ2) is 9.45. The van der Waals surface area contributed by atoms with Crippen molar-refractivity contribution in [3.63, 3.8) is 0 Å². The Hall–Kier alpha value is -0.450. The molecule has 0 spiro atoms. The maximum Gasteiger partial charge on any atom is 0.137 e. The average Bonchev–Trinajstić information content (AvgIpc) is 2.40. The number of nitrogens with one attached hydrogen (secondary N) is 1. The van der Waals surface area contributed by atoms with Crippen molar-refractivity contribution >= 4 is 15.9 Å². The van der Waals surface area contributed by atoms with Crippen LogP contribution in [-0.2, 0) is 4.74 Å². The first-order valence-electron chi connectivity index (χ1n) is 6.91. The summed E-state index contributed by atoms with van der Waals surface area (Å²) in [6, 6.07) is 5.35. The molecule has 1 aromatic rings. The van der Waals surface area contributed by atoms with E-state index in [4.69, 9.17) is 4.74 Å². The molecular weight excluding hydrogens is 309 g/mol. The molecule has 19 heavy (non-hydrogen) atoms. The third kappa shape index (κ3) is 6.50. The average molecular weight is 332 g/mol. The third-order valence-electron chi connectivity index (χ3n) is 3.00. The lowest BCUT2D eigenvalue weighted by Gasteiger charge is -2.14. The van der Waals surface area contributed by atoms with E-state index in [9.17, 15) is 4.39 Å². The molecule has 0 aliphatic carbocycles. The summed E-state index contributed by atoms with van der Waals surface area (Å²) in [5.41, 5.74) is 1.08. The molecule has 0 fully saturated rings. The van der Waals surface area contributed by atoms with Crippen molar-refractivity contribution in [3.05, 3.63) is 34.1 Å². The first kappa shape index (κ1) is 16.6. The molecule has 0 aromatic heterocycles. The van der Waals surface area contributed by atoms with E-state index in [0.717, 1.165) is 38.2 Å². The van der Waals surface area contributed by atoms with Crippen LogP contribution in [0.5, 0.6) is 0 Å². The quantitative estimate of drug-likeness (QED) is 0.675. The zero-order valence-corrected chi connectivity index (χ0v) is 13.3. The summed E-state index contributed by atoms with van der Waals surface area (Å²) in [6.45, 7) is 6.80. The van der Waals surface area contributed by atoms with Crippen molar-refractivity contribution in [2.24, 2.45) is 0 Å². The number of ether oxygens (including phenoxy) is 1. The third-order valence-corrected chi connectivity index (χ3v) is 3.61. The monoisotopic (exact) mass is 331 g/mol. The molecule has 2 nitrogen and oxygen atoms in total. The Morgan fingerprint density at radius 2 is 2.05 bits per heavy atom. The summed E-state index contributed by atoms with van der Waals surface area (Å²) in [5, 5.41) is 3.41. The van der Waals surface area contributed by atoms with Crippen LogP contribution in [0.2, 0.25) is 0 Å². The summed E-state index contributed by atoms with van der Waals surface area (Å²) in [7, 11) is 0. The highest BCUT2D eigenvalue weighted by Crippen LogP contribution is 2.21. The van der Waals surface area contributed by atoms with Crippen molar-refractivity contribution in [1.82, 2.24) is 5.32 Å². The minimum atomic E-state index is -0.222. The Balaban J connectivity index is 2.20. The number of hydrogen-bond donors (Lipinski definition) is 1. The van der Waals surface area contributed by atoms with Gasteiger partial charge in [-0.05, 0) is 59.9 Å². The normalized spacial score (nSPS) is 12.6. The Morgan fingerprint density at radius 1 is 1.32 bits per heavy atom. The number of benzene rings is 1. The van der Waals surface area contributed by atoms with Crippen LogP contribution in [0.15, 0.2) is 22.7 Å². The molecule has 4 heteroatoms. The largest absolute Gasteiger partial charge is 0.381 e. The van der Waals surface area contributed by atoms with Gasteiger partial charge in [0.05, 0.1) is 4.47 Å². The maximum atomic E-state index is 13.1. The second-order valence-corrected chi connectivity index (χ2v) is 5.52. The lowest BCUT2D eigenvalue weighted by molar-refractivity contribution is 0.128. The van der Waals surface area contributed by atoms with Gasteiger partial charge in [0.2, 0.25) is 0 Å². The molecular formula is C15H23BrFNO. The van der Waals surface area contributed by atoms with Gasteiger partial charge in [-0.15, -0.1) is 0 Å². The molecule has 1 atom stereocenters. The lowest BCUT2D eigenvalue weighted by atomic mass is 10.1. The molecule has 0 saturated heterocycles. The van der Waals surface area contributed by atoms with E-state index < -0.39 is 0 Å². The van der Waals surface area contributed by atoms with E-state index in [1.54, 1.807) is 0 Å². The molecule has 0 radical (unpaired) electrons. The maximum absolute atomic E-state index is 13.1. The fraction of sp³-hybridized carbons (Fsp3) is 0.600. The van der Waals surface area contributed by atoms with Crippen LogP contribution in [0, 0.1) is 5.82 Å². The molecule has 1 unspecified atom stereocenters. The van der Waals surface area contributed by atoms with E-state index in [0.29, 0.717) is 4.47 Å². The van der Waals surface area contributed by atoms with E-state index in [-0.39, 0.29) is 11.9 Å². The Kier molecular flexibility index (Phi) is 8.26. The van der Waals surface area contributed by atoms with E-state index in [1.807, 2.05) is 12.1 Å². The zero-order chi connectivity index (χ0) is 14.1. The molecule has 1 rings (SSSR count). The number of hydrogen-bond acceptors (Lipinski definition) is 2. The molecule has 1 aromatic carbocycles. The number of rotatable bonds is 9. The Labute approximate surface area is 123 Å². The summed E-state index contributed by atoms with van der Waals surface area (Å²) >= 11 is 3.21. The summed E-state index contributed by atoms with van der Waals surface area (Å²) in [6.07, 6.45) is 3.30. The molecule has 0 aliphatic rings. The smallest absolute Gasteiger partial charge is 0.137 e. The lowest BCUT2D eigenvalue weighted by Crippen LogP contribution is -2.21. The van der Waals surface area contributed by atoms with Gasteiger partial charge < -0.3 is 10.1 Å². The van der Waals surface area contributed by atoms with Crippen molar-refractivity contribution in [2.75, 3.05) is 19.8 Å². The van der Waals surface area contributed by atoms with Gasteiger partial charge in [-0.2, -0.15) is 0 Å². The first-order chi connectivity index (χ1) is 9.15. The van der Waals surface area contributed by atoms with Crippen molar-refractivity contribution in [2.45, 2.75) is 39.2 Å². The standard InChI is InChI=1S/C15H23BrFNO/c1-3-4-9-19-10-5-8-18-12(2)13-6-7-15(17)14(16)11-13/h6-7,11-12,18H,3-5,8-10H2,1-2H3. The van der Waals surface area contributed by atoms with Crippen molar-refractivity contribution in [3.8, 4) is 0 Å². The molecule has 1 N–H and O–H groups in total. The van der Waals surface area contributed by atoms with Crippen LogP contribution in [0.4, 0.5) is 4.39 Å². The van der Waals surface area contributed by atoms with Crippen LogP contribution in [0.25, 0.3) is 0 Å². The van der Waals surface area contributed by atoms with Gasteiger partial charge >= 0.3 is 0 Å². The Morgan fingerprint density at radius 3 is 2.74 bits per heavy atom. The van der Waals surface area contributed by atoms with Gasteiger partial charge in [0, 0.05) is 19.3 Å². The van der Waals surface area contributed by atoms with Gasteiger partial charge in [0.25, 0.3) is 0 Å². The van der Waals surface area contributed by atoms with Crippen LogP contribution in [-0.4, -0.2) is 19.8 Å². The zero-order valence-electron chi connectivity index (χ0n) is 11.7. The first-order valence-corrected chi connectivity index (χ1v) is 7.70. The fourth-order valence-electron chi connectivity index (χ4n) is 1.74. The molecule has 0 aliphatic heterocycles. The van der Waals surface area contributed by atoms with E-state index >= 15 is 0 Å². The van der Waals surface area contributed by atoms with Gasteiger partial charge in [-0.3, -0.25) is 0 Å². The molecule has 0 saturated carbocycles. The molecule has 0 amide bonds. The number of unbranched alkanes of at least 4 members (excludes halogenated alkanes) is 1. The van der Waals surface area contributed by atoms with Gasteiger partial charge in [-0.1, -0.05) is 19.4 Å². The summed E-state index contributed by atoms with van der Waals surface area (Å²) < 4.78 is 19.1. The van der Waals surface area contributed by atoms with Crippen LogP contribution in [0.3, 0.4) is 0 Å². The molecule has 0 bridgehead atoms. The fourth-order valence-corrected chi connectivity index (χ4v) is 2.14. The van der Waals surface area contributed by atoms with E-state index in [1.165, 1.54) is 12.5 Å². The van der Waals surface area contributed by atoms with Crippen molar-refractivity contribution < 1.29 is 9.13 Å². The highest BCUT2D eigenvalue weighted by molar-refractivity contribution is 9.10. The van der Waals surface area contributed by atoms with Crippen LogP contribution in [0.1, 0.15) is 44.7 Å². The van der Waals surface area contributed by atoms with Gasteiger partial charge in [0.1, 0.15) is 5.82 Å². The summed E-state index contributed by atoms with van der Waals surface area (Å²) in [4.78, 5) is 0. The minimum Gasteiger partial charge on any atom is -0.381 e. The highest BCUT2D eigenvalue weighted by atomic mass is 79.9. The number of halogens is 2. The minimum absolute atomic E-state index is 0.215. The topological polar surface area (TPSA) is 21.3 Å². The SMILES string of the molecule is CCCCOCCCNC(C)c1ccc(F)c(Br)c1. The Bertz CT molecular complexity index is 373. The predicted octanol–water partition coefficient (Wildman–Crippen LogP) is 4.45. The highest BCUT2D eigenvalue weighted by Gasteiger charge is 2.07. The predicted molar refractivity (Wildman–Crippen MR) is 80.9 cm³/mol.